The minimum absolute atomic E-state index is 0.0754. The van der Waals surface area contributed by atoms with Crippen LogP contribution >= 0.6 is 0 Å². The average Bonchev–Trinajstić information content (AvgIpc) is 3.10. The lowest BCUT2D eigenvalue weighted by molar-refractivity contribution is 0.0685. The second-order valence-electron chi connectivity index (χ2n) is 5.79. The maximum Gasteiger partial charge on any atom is 0.352 e. The van der Waals surface area contributed by atoms with Crippen molar-refractivity contribution in [3.8, 4) is 0 Å². The maximum absolute atomic E-state index is 12.8. The Hall–Kier alpha value is -3.26. The molecule has 0 unspecified atom stereocenters. The highest BCUT2D eigenvalue weighted by atomic mass is 32.2. The van der Waals surface area contributed by atoms with Crippen molar-refractivity contribution < 1.29 is 18.3 Å². The Morgan fingerprint density at radius 3 is 2.26 bits per heavy atom. The van der Waals surface area contributed by atoms with Gasteiger partial charge >= 0.3 is 5.97 Å². The summed E-state index contributed by atoms with van der Waals surface area (Å²) < 4.78 is 29.4. The van der Waals surface area contributed by atoms with Gasteiger partial charge in [-0.3, -0.25) is 4.72 Å². The van der Waals surface area contributed by atoms with E-state index in [-0.39, 0.29) is 10.6 Å². The van der Waals surface area contributed by atoms with E-state index in [4.69, 9.17) is 0 Å². The van der Waals surface area contributed by atoms with Crippen LogP contribution in [0.3, 0.4) is 0 Å². The largest absolute Gasteiger partial charge is 0.477 e. The third-order valence-corrected chi connectivity index (χ3v) is 5.30. The molecule has 0 fully saturated rings. The molecule has 0 bridgehead atoms. The summed E-state index contributed by atoms with van der Waals surface area (Å²) in [6.07, 6.45) is 1.32. The molecule has 8 heteroatoms. The number of aromatic carboxylic acids is 1. The number of nitrogens with zero attached hydrogens (tertiary/aromatic N) is 1. The van der Waals surface area contributed by atoms with Gasteiger partial charge in [-0.25, -0.2) is 13.2 Å². The Morgan fingerprint density at radius 2 is 1.67 bits per heavy atom. The van der Waals surface area contributed by atoms with Crippen LogP contribution in [0.25, 0.3) is 0 Å². The van der Waals surface area contributed by atoms with Gasteiger partial charge in [0.05, 0.1) is 11.4 Å². The first-order valence-electron chi connectivity index (χ1n) is 8.28. The number of para-hydroxylation sites is 3. The second kappa shape index (κ2) is 7.55. The van der Waals surface area contributed by atoms with Crippen LogP contribution in [0.15, 0.2) is 71.8 Å². The molecule has 27 heavy (non-hydrogen) atoms. The van der Waals surface area contributed by atoms with Crippen molar-refractivity contribution >= 4 is 33.1 Å². The number of rotatable bonds is 7. The summed E-state index contributed by atoms with van der Waals surface area (Å²) in [5.74, 6) is -1.18. The molecule has 0 aliphatic rings. The predicted octanol–water partition coefficient (Wildman–Crippen LogP) is 3.75. The van der Waals surface area contributed by atoms with Crippen LogP contribution in [0.2, 0.25) is 0 Å². The number of aromatic nitrogens is 1. The molecule has 140 valence electrons. The van der Waals surface area contributed by atoms with Crippen molar-refractivity contribution in [1.82, 2.24) is 4.57 Å². The van der Waals surface area contributed by atoms with Gasteiger partial charge in [-0.1, -0.05) is 30.3 Å². The van der Waals surface area contributed by atoms with Crippen molar-refractivity contribution in [2.24, 2.45) is 0 Å². The van der Waals surface area contributed by atoms with E-state index in [1.165, 1.54) is 10.8 Å². The zero-order chi connectivity index (χ0) is 19.4. The highest BCUT2D eigenvalue weighted by Crippen LogP contribution is 2.28. The number of nitrogens with one attached hydrogen (secondary N) is 2. The average molecular weight is 385 g/mol. The molecule has 0 saturated carbocycles. The fourth-order valence-electron chi connectivity index (χ4n) is 2.63. The number of carboxylic acid groups (broad SMARTS) is 1. The summed E-state index contributed by atoms with van der Waals surface area (Å²) in [5, 5.41) is 12.4. The van der Waals surface area contributed by atoms with Crippen LogP contribution in [-0.4, -0.2) is 24.1 Å². The van der Waals surface area contributed by atoms with Gasteiger partial charge in [0.2, 0.25) is 0 Å². The van der Waals surface area contributed by atoms with Crippen LogP contribution in [0.5, 0.6) is 0 Å². The maximum atomic E-state index is 12.8. The van der Waals surface area contributed by atoms with E-state index in [1.54, 1.807) is 31.2 Å². The lowest BCUT2D eigenvalue weighted by Gasteiger charge is -2.13. The van der Waals surface area contributed by atoms with E-state index in [9.17, 15) is 18.3 Å². The molecule has 0 aliphatic heterocycles. The normalized spacial score (nSPS) is 11.1. The Kier molecular flexibility index (Phi) is 5.18. The van der Waals surface area contributed by atoms with Gasteiger partial charge in [0, 0.05) is 18.4 Å². The summed E-state index contributed by atoms with van der Waals surface area (Å²) in [4.78, 5) is 11.2. The van der Waals surface area contributed by atoms with Crippen LogP contribution < -0.4 is 10.0 Å². The number of sulfonamides is 1. The summed E-state index contributed by atoms with van der Waals surface area (Å²) in [6, 6.07) is 17.4. The first kappa shape index (κ1) is 18.5. The monoisotopic (exact) mass is 385 g/mol. The number of carbonyl (C=O) groups is 1. The fraction of sp³-hybridized carbons (Fsp3) is 0.105. The minimum Gasteiger partial charge on any atom is -0.477 e. The van der Waals surface area contributed by atoms with Crippen LogP contribution in [0.4, 0.5) is 17.1 Å². The molecule has 0 saturated heterocycles. The molecule has 0 radical (unpaired) electrons. The van der Waals surface area contributed by atoms with E-state index >= 15 is 0 Å². The lowest BCUT2D eigenvalue weighted by Crippen LogP contribution is -2.13. The van der Waals surface area contributed by atoms with Crippen molar-refractivity contribution in [2.45, 2.75) is 18.4 Å². The highest BCUT2D eigenvalue weighted by molar-refractivity contribution is 7.92. The molecule has 3 aromatic rings. The van der Waals surface area contributed by atoms with E-state index in [0.717, 1.165) is 11.8 Å². The molecule has 2 aromatic carbocycles. The number of benzene rings is 2. The number of hydrogen-bond acceptors (Lipinski definition) is 4. The minimum atomic E-state index is -3.95. The van der Waals surface area contributed by atoms with Crippen molar-refractivity contribution in [1.29, 1.82) is 0 Å². The second-order valence-corrected chi connectivity index (χ2v) is 7.48. The van der Waals surface area contributed by atoms with Gasteiger partial charge in [0.1, 0.15) is 10.6 Å². The van der Waals surface area contributed by atoms with E-state index < -0.39 is 16.0 Å². The molecule has 0 atom stereocenters. The molecule has 0 aliphatic carbocycles. The topological polar surface area (TPSA) is 100 Å². The molecule has 3 rings (SSSR count). The van der Waals surface area contributed by atoms with Gasteiger partial charge < -0.3 is 15.0 Å². The van der Waals surface area contributed by atoms with Gasteiger partial charge in [-0.2, -0.15) is 0 Å². The summed E-state index contributed by atoms with van der Waals surface area (Å²) in [5.41, 5.74) is 1.69. The first-order valence-corrected chi connectivity index (χ1v) is 9.76. The Labute approximate surface area is 157 Å². The smallest absolute Gasteiger partial charge is 0.352 e. The zero-order valence-corrected chi connectivity index (χ0v) is 15.4. The molecular formula is C19H19N3O4S. The van der Waals surface area contributed by atoms with Crippen LogP contribution in [-0.2, 0) is 16.6 Å². The highest BCUT2D eigenvalue weighted by Gasteiger charge is 2.22. The van der Waals surface area contributed by atoms with Crippen molar-refractivity contribution in [3.05, 3.63) is 72.6 Å². The zero-order valence-electron chi connectivity index (χ0n) is 14.6. The summed E-state index contributed by atoms with van der Waals surface area (Å²) in [6.45, 7) is 2.10. The first-order chi connectivity index (χ1) is 12.9. The molecule has 1 heterocycles. The third kappa shape index (κ3) is 4.12. The molecule has 0 amide bonds. The number of anilines is 3. The van der Waals surface area contributed by atoms with Crippen LogP contribution in [0.1, 0.15) is 17.4 Å². The van der Waals surface area contributed by atoms with Crippen molar-refractivity contribution in [2.75, 3.05) is 10.0 Å². The Morgan fingerprint density at radius 1 is 1.04 bits per heavy atom. The molecule has 3 N–H and O–H groups in total. The van der Waals surface area contributed by atoms with Crippen molar-refractivity contribution in [3.63, 3.8) is 0 Å². The molecular weight excluding hydrogens is 366 g/mol. The summed E-state index contributed by atoms with van der Waals surface area (Å²) >= 11 is 0. The molecule has 0 spiro atoms. The van der Waals surface area contributed by atoms with Gasteiger partial charge in [-0.15, -0.1) is 0 Å². The molecule has 1 aromatic heterocycles. The Balaban J connectivity index is 1.92. The van der Waals surface area contributed by atoms with Gasteiger partial charge in [0.25, 0.3) is 10.0 Å². The summed E-state index contributed by atoms with van der Waals surface area (Å²) in [7, 11) is -3.95. The quantitative estimate of drug-likeness (QED) is 0.575. The van der Waals surface area contributed by atoms with Gasteiger partial charge in [-0.05, 0) is 37.3 Å². The lowest BCUT2D eigenvalue weighted by atomic mass is 10.2. The van der Waals surface area contributed by atoms with E-state index in [1.807, 2.05) is 30.3 Å². The van der Waals surface area contributed by atoms with E-state index in [2.05, 4.69) is 10.0 Å². The third-order valence-electron chi connectivity index (χ3n) is 3.97. The fourth-order valence-corrected chi connectivity index (χ4v) is 3.75. The predicted molar refractivity (Wildman–Crippen MR) is 104 cm³/mol. The van der Waals surface area contributed by atoms with Crippen LogP contribution in [0, 0.1) is 0 Å². The standard InChI is InChI=1S/C19H19N3O4S/c1-2-22-13-15(12-18(22)19(23)24)27(25,26)21-17-11-7-6-10-16(17)20-14-8-4-3-5-9-14/h3-13,20-21H,2H2,1H3,(H,23,24). The number of hydrogen-bond donors (Lipinski definition) is 3. The number of aryl methyl sites for hydroxylation is 1. The number of carboxylic acids is 1. The van der Waals surface area contributed by atoms with Gasteiger partial charge in [0.15, 0.2) is 0 Å². The van der Waals surface area contributed by atoms with E-state index in [0.29, 0.717) is 17.9 Å². The Bertz CT molecular complexity index is 1060. The molecule has 7 nitrogen and oxygen atoms in total. The SMILES string of the molecule is CCn1cc(S(=O)(=O)Nc2ccccc2Nc2ccccc2)cc1C(=O)O.